The SMILES string of the molecule is Cc1nc(CCC(=O)O)nn1-c1ccccc1. The highest BCUT2D eigenvalue weighted by Crippen LogP contribution is 2.09. The van der Waals surface area contributed by atoms with Crippen LogP contribution in [0.4, 0.5) is 0 Å². The number of carbonyl (C=O) groups is 1. The Kier molecular flexibility index (Phi) is 3.18. The van der Waals surface area contributed by atoms with E-state index in [1.165, 1.54) is 0 Å². The summed E-state index contributed by atoms with van der Waals surface area (Å²) in [6.45, 7) is 1.85. The van der Waals surface area contributed by atoms with Crippen LogP contribution in [0, 0.1) is 6.92 Å². The van der Waals surface area contributed by atoms with E-state index in [0.717, 1.165) is 11.5 Å². The molecule has 1 aromatic carbocycles. The molecule has 0 aliphatic carbocycles. The minimum Gasteiger partial charge on any atom is -0.481 e. The minimum atomic E-state index is -0.835. The Morgan fingerprint density at radius 3 is 2.71 bits per heavy atom. The van der Waals surface area contributed by atoms with Crippen molar-refractivity contribution in [2.45, 2.75) is 19.8 Å². The van der Waals surface area contributed by atoms with Crippen molar-refractivity contribution in [2.75, 3.05) is 0 Å². The number of carboxylic acid groups (broad SMARTS) is 1. The first kappa shape index (κ1) is 11.3. The predicted molar refractivity (Wildman–Crippen MR) is 62.1 cm³/mol. The highest BCUT2D eigenvalue weighted by Gasteiger charge is 2.08. The second-order valence-corrected chi connectivity index (χ2v) is 3.72. The largest absolute Gasteiger partial charge is 0.481 e. The fourth-order valence-electron chi connectivity index (χ4n) is 1.58. The van der Waals surface area contributed by atoms with Gasteiger partial charge in [-0.25, -0.2) is 9.67 Å². The van der Waals surface area contributed by atoms with Crippen LogP contribution in [-0.2, 0) is 11.2 Å². The number of hydrogen-bond acceptors (Lipinski definition) is 3. The van der Waals surface area contributed by atoms with Crippen LogP contribution >= 0.6 is 0 Å². The summed E-state index contributed by atoms with van der Waals surface area (Å²) in [7, 11) is 0. The Labute approximate surface area is 98.7 Å². The number of aromatic nitrogens is 3. The molecule has 2 rings (SSSR count). The summed E-state index contributed by atoms with van der Waals surface area (Å²) >= 11 is 0. The van der Waals surface area contributed by atoms with E-state index in [1.54, 1.807) is 4.68 Å². The van der Waals surface area contributed by atoms with E-state index < -0.39 is 5.97 Å². The van der Waals surface area contributed by atoms with Crippen molar-refractivity contribution >= 4 is 5.97 Å². The van der Waals surface area contributed by atoms with Crippen LogP contribution < -0.4 is 0 Å². The second kappa shape index (κ2) is 4.78. The number of aliphatic carboxylic acids is 1. The van der Waals surface area contributed by atoms with Gasteiger partial charge in [-0.2, -0.15) is 5.10 Å². The molecule has 0 bridgehead atoms. The molecule has 1 heterocycles. The van der Waals surface area contributed by atoms with Crippen molar-refractivity contribution in [1.29, 1.82) is 0 Å². The van der Waals surface area contributed by atoms with Gasteiger partial charge in [0.2, 0.25) is 0 Å². The maximum Gasteiger partial charge on any atom is 0.303 e. The lowest BCUT2D eigenvalue weighted by Crippen LogP contribution is -2.01. The molecule has 0 saturated carbocycles. The predicted octanol–water partition coefficient (Wildman–Crippen LogP) is 1.59. The van der Waals surface area contributed by atoms with E-state index in [2.05, 4.69) is 10.1 Å². The summed E-state index contributed by atoms with van der Waals surface area (Å²) in [6, 6.07) is 9.65. The average Bonchev–Trinajstić information content (AvgIpc) is 2.69. The summed E-state index contributed by atoms with van der Waals surface area (Å²) in [5.41, 5.74) is 0.930. The topological polar surface area (TPSA) is 68.0 Å². The Bertz CT molecular complexity index is 520. The minimum absolute atomic E-state index is 0.0538. The number of hydrogen-bond donors (Lipinski definition) is 1. The lowest BCUT2D eigenvalue weighted by Gasteiger charge is -2.00. The van der Waals surface area contributed by atoms with Gasteiger partial charge < -0.3 is 5.11 Å². The van der Waals surface area contributed by atoms with Crippen molar-refractivity contribution in [3.05, 3.63) is 42.0 Å². The molecule has 0 atom stereocenters. The molecule has 1 aromatic heterocycles. The quantitative estimate of drug-likeness (QED) is 0.867. The summed E-state index contributed by atoms with van der Waals surface area (Å²) in [5, 5.41) is 12.9. The molecule has 1 N–H and O–H groups in total. The van der Waals surface area contributed by atoms with Gasteiger partial charge in [0.15, 0.2) is 5.82 Å². The zero-order valence-corrected chi connectivity index (χ0v) is 9.50. The maximum absolute atomic E-state index is 10.5. The molecule has 5 heteroatoms. The van der Waals surface area contributed by atoms with Crippen LogP contribution in [0.3, 0.4) is 0 Å². The lowest BCUT2D eigenvalue weighted by molar-refractivity contribution is -0.137. The third-order valence-corrected chi connectivity index (χ3v) is 2.38. The van der Waals surface area contributed by atoms with Crippen LogP contribution in [0.15, 0.2) is 30.3 Å². The molecule has 88 valence electrons. The van der Waals surface area contributed by atoms with E-state index in [4.69, 9.17) is 5.11 Å². The van der Waals surface area contributed by atoms with Gasteiger partial charge >= 0.3 is 5.97 Å². The van der Waals surface area contributed by atoms with Crippen LogP contribution in [0.5, 0.6) is 0 Å². The molecule has 0 aliphatic rings. The van der Waals surface area contributed by atoms with Gasteiger partial charge in [0.1, 0.15) is 5.82 Å². The van der Waals surface area contributed by atoms with Crippen molar-refractivity contribution in [3.8, 4) is 5.69 Å². The first-order valence-corrected chi connectivity index (χ1v) is 5.36. The number of para-hydroxylation sites is 1. The van der Waals surface area contributed by atoms with Gasteiger partial charge in [-0.15, -0.1) is 0 Å². The summed E-state index contributed by atoms with van der Waals surface area (Å²) in [4.78, 5) is 14.7. The Balaban J connectivity index is 2.22. The highest BCUT2D eigenvalue weighted by molar-refractivity contribution is 5.66. The fourth-order valence-corrected chi connectivity index (χ4v) is 1.58. The summed E-state index contributed by atoms with van der Waals surface area (Å²) in [5.74, 6) is 0.490. The average molecular weight is 231 g/mol. The molecule has 0 radical (unpaired) electrons. The van der Waals surface area contributed by atoms with Crippen molar-refractivity contribution in [1.82, 2.24) is 14.8 Å². The van der Waals surface area contributed by atoms with E-state index in [9.17, 15) is 4.79 Å². The van der Waals surface area contributed by atoms with Crippen LogP contribution in [0.1, 0.15) is 18.1 Å². The Morgan fingerprint density at radius 1 is 1.35 bits per heavy atom. The number of benzene rings is 1. The van der Waals surface area contributed by atoms with Gasteiger partial charge in [-0.3, -0.25) is 4.79 Å². The third kappa shape index (κ3) is 2.69. The molecule has 0 amide bonds. The summed E-state index contributed by atoms with van der Waals surface area (Å²) < 4.78 is 1.72. The van der Waals surface area contributed by atoms with Crippen LogP contribution in [0.25, 0.3) is 5.69 Å². The maximum atomic E-state index is 10.5. The number of carboxylic acids is 1. The lowest BCUT2D eigenvalue weighted by atomic mass is 10.3. The molecule has 0 spiro atoms. The zero-order chi connectivity index (χ0) is 12.3. The van der Waals surface area contributed by atoms with Gasteiger partial charge in [0, 0.05) is 6.42 Å². The van der Waals surface area contributed by atoms with Crippen molar-refractivity contribution in [2.24, 2.45) is 0 Å². The van der Waals surface area contributed by atoms with Crippen molar-refractivity contribution < 1.29 is 9.90 Å². The Hall–Kier alpha value is -2.17. The first-order chi connectivity index (χ1) is 8.16. The fraction of sp³-hybridized carbons (Fsp3) is 0.250. The van der Waals surface area contributed by atoms with E-state index in [-0.39, 0.29) is 6.42 Å². The third-order valence-electron chi connectivity index (χ3n) is 2.38. The zero-order valence-electron chi connectivity index (χ0n) is 9.50. The molecular weight excluding hydrogens is 218 g/mol. The van der Waals surface area contributed by atoms with Crippen LogP contribution in [0.2, 0.25) is 0 Å². The molecule has 0 saturated heterocycles. The van der Waals surface area contributed by atoms with Crippen molar-refractivity contribution in [3.63, 3.8) is 0 Å². The number of rotatable bonds is 4. The molecule has 2 aromatic rings. The van der Waals surface area contributed by atoms with Gasteiger partial charge in [0.05, 0.1) is 12.1 Å². The first-order valence-electron chi connectivity index (χ1n) is 5.36. The highest BCUT2D eigenvalue weighted by atomic mass is 16.4. The normalized spacial score (nSPS) is 10.4. The Morgan fingerprint density at radius 2 is 2.06 bits per heavy atom. The molecule has 0 aliphatic heterocycles. The van der Waals surface area contributed by atoms with Gasteiger partial charge in [-0.05, 0) is 19.1 Å². The smallest absolute Gasteiger partial charge is 0.303 e. The molecule has 17 heavy (non-hydrogen) atoms. The second-order valence-electron chi connectivity index (χ2n) is 3.72. The molecule has 0 unspecified atom stereocenters. The standard InChI is InChI=1S/C12H13N3O2/c1-9-13-11(7-8-12(16)17)14-15(9)10-5-3-2-4-6-10/h2-6H,7-8H2,1H3,(H,16,17). The molecule has 5 nitrogen and oxygen atoms in total. The van der Waals surface area contributed by atoms with E-state index in [0.29, 0.717) is 12.2 Å². The molecule has 0 fully saturated rings. The van der Waals surface area contributed by atoms with E-state index >= 15 is 0 Å². The number of aryl methyl sites for hydroxylation is 2. The van der Waals surface area contributed by atoms with Gasteiger partial charge in [0.25, 0.3) is 0 Å². The van der Waals surface area contributed by atoms with Gasteiger partial charge in [-0.1, -0.05) is 18.2 Å². The molecular formula is C12H13N3O2. The monoisotopic (exact) mass is 231 g/mol. The summed E-state index contributed by atoms with van der Waals surface area (Å²) in [6.07, 6.45) is 0.411. The van der Waals surface area contributed by atoms with E-state index in [1.807, 2.05) is 37.3 Å². The number of nitrogens with zero attached hydrogens (tertiary/aromatic N) is 3. The van der Waals surface area contributed by atoms with Crippen LogP contribution in [-0.4, -0.2) is 25.8 Å².